The number of nitrogens with zero attached hydrogens (tertiary/aromatic N) is 2. The molecule has 2 nitrogen and oxygen atoms in total. The fourth-order valence-corrected chi connectivity index (χ4v) is 7.12. The molecule has 9 rings (SSSR count). The van der Waals surface area contributed by atoms with Crippen molar-refractivity contribution in [2.75, 3.05) is 0 Å². The van der Waals surface area contributed by atoms with Crippen LogP contribution in [0.4, 0.5) is 0 Å². The number of hydrogen-bond donors (Lipinski definition) is 0. The zero-order valence-electron chi connectivity index (χ0n) is 25.0. The van der Waals surface area contributed by atoms with Crippen molar-refractivity contribution < 1.29 is 0 Å². The van der Waals surface area contributed by atoms with Crippen LogP contribution < -0.4 is 0 Å². The SMILES string of the molecule is Cc1cc(-c2ccc(-n3c4ccccc4c4ccccc43)cc2)cc(-c2ccc(-n3c4ccccc4c4ccccc43)cc2)c1. The smallest absolute Gasteiger partial charge is 0.0541 e. The van der Waals surface area contributed by atoms with Gasteiger partial charge < -0.3 is 9.13 Å². The second-order valence-corrected chi connectivity index (χ2v) is 11.9. The number of aromatic nitrogens is 2. The van der Waals surface area contributed by atoms with Crippen molar-refractivity contribution in [2.45, 2.75) is 6.92 Å². The molecule has 0 saturated heterocycles. The van der Waals surface area contributed by atoms with Crippen LogP contribution in [0.2, 0.25) is 0 Å². The van der Waals surface area contributed by atoms with Gasteiger partial charge in [0.2, 0.25) is 0 Å². The highest BCUT2D eigenvalue weighted by Gasteiger charge is 2.13. The van der Waals surface area contributed by atoms with Crippen LogP contribution in [0.15, 0.2) is 164 Å². The van der Waals surface area contributed by atoms with Crippen molar-refractivity contribution in [3.63, 3.8) is 0 Å². The molecule has 0 aliphatic heterocycles. The second-order valence-electron chi connectivity index (χ2n) is 11.9. The third-order valence-electron chi connectivity index (χ3n) is 9.16. The van der Waals surface area contributed by atoms with Crippen LogP contribution in [0.3, 0.4) is 0 Å². The summed E-state index contributed by atoms with van der Waals surface area (Å²) < 4.78 is 4.74. The largest absolute Gasteiger partial charge is 0.309 e. The summed E-state index contributed by atoms with van der Waals surface area (Å²) in [7, 11) is 0. The highest BCUT2D eigenvalue weighted by molar-refractivity contribution is 6.10. The van der Waals surface area contributed by atoms with E-state index in [1.165, 1.54) is 82.8 Å². The standard InChI is InChI=1S/C43H30N2/c1-29-26-32(30-18-22-34(23-19-30)44-40-14-6-2-10-36(40)37-11-3-7-15-41(37)44)28-33(27-29)31-20-24-35(25-21-31)45-42-16-8-4-12-38(42)39-13-5-9-17-43(39)45/h2-28H,1H3. The summed E-state index contributed by atoms with van der Waals surface area (Å²) in [6.45, 7) is 2.19. The van der Waals surface area contributed by atoms with Crippen molar-refractivity contribution in [2.24, 2.45) is 0 Å². The number of aryl methyl sites for hydroxylation is 1. The topological polar surface area (TPSA) is 9.86 Å². The third-order valence-corrected chi connectivity index (χ3v) is 9.16. The molecule has 0 fully saturated rings. The fourth-order valence-electron chi connectivity index (χ4n) is 7.12. The van der Waals surface area contributed by atoms with Gasteiger partial charge in [0.15, 0.2) is 0 Å². The van der Waals surface area contributed by atoms with Crippen molar-refractivity contribution in [3.05, 3.63) is 169 Å². The fraction of sp³-hybridized carbons (Fsp3) is 0.0233. The van der Waals surface area contributed by atoms with E-state index in [0.29, 0.717) is 0 Å². The van der Waals surface area contributed by atoms with Gasteiger partial charge >= 0.3 is 0 Å². The van der Waals surface area contributed by atoms with Gasteiger partial charge in [-0.2, -0.15) is 0 Å². The van der Waals surface area contributed by atoms with Gasteiger partial charge in [0.05, 0.1) is 22.1 Å². The van der Waals surface area contributed by atoms with E-state index in [-0.39, 0.29) is 0 Å². The quantitative estimate of drug-likeness (QED) is 0.198. The number of benzene rings is 7. The number of hydrogen-bond acceptors (Lipinski definition) is 0. The molecule has 0 spiro atoms. The molecule has 0 aliphatic carbocycles. The van der Waals surface area contributed by atoms with E-state index in [2.05, 4.69) is 180 Å². The number of rotatable bonds is 4. The van der Waals surface area contributed by atoms with Crippen LogP contribution in [0.5, 0.6) is 0 Å². The van der Waals surface area contributed by atoms with E-state index in [1.54, 1.807) is 0 Å². The molecule has 0 bridgehead atoms. The molecule has 0 aliphatic rings. The minimum absolute atomic E-state index is 1.17. The average molecular weight is 575 g/mol. The van der Waals surface area contributed by atoms with Gasteiger partial charge in [0.25, 0.3) is 0 Å². The van der Waals surface area contributed by atoms with E-state index >= 15 is 0 Å². The molecule has 0 saturated carbocycles. The summed E-state index contributed by atoms with van der Waals surface area (Å²) in [5, 5.41) is 5.13. The Hall–Kier alpha value is -5.86. The Balaban J connectivity index is 1.08. The molecule has 0 radical (unpaired) electrons. The van der Waals surface area contributed by atoms with Crippen LogP contribution in [0.25, 0.3) is 77.2 Å². The summed E-state index contributed by atoms with van der Waals surface area (Å²) in [5.41, 5.74) is 13.4. The molecule has 0 amide bonds. The van der Waals surface area contributed by atoms with Crippen LogP contribution in [-0.2, 0) is 0 Å². The van der Waals surface area contributed by atoms with Crippen LogP contribution in [0, 0.1) is 6.92 Å². The summed E-state index contributed by atoms with van der Waals surface area (Å²) in [6.07, 6.45) is 0. The molecule has 45 heavy (non-hydrogen) atoms. The summed E-state index contributed by atoms with van der Waals surface area (Å²) >= 11 is 0. The molecule has 0 atom stereocenters. The predicted octanol–water partition coefficient (Wildman–Crippen LogP) is 11.5. The molecular formula is C43H30N2. The van der Waals surface area contributed by atoms with Crippen molar-refractivity contribution in [3.8, 4) is 33.6 Å². The van der Waals surface area contributed by atoms with E-state index < -0.39 is 0 Å². The lowest BCUT2D eigenvalue weighted by atomic mass is 9.96. The van der Waals surface area contributed by atoms with Gasteiger partial charge in [-0.25, -0.2) is 0 Å². The maximum atomic E-state index is 2.37. The van der Waals surface area contributed by atoms with E-state index in [4.69, 9.17) is 0 Å². The van der Waals surface area contributed by atoms with Crippen molar-refractivity contribution >= 4 is 43.6 Å². The lowest BCUT2D eigenvalue weighted by Crippen LogP contribution is -1.94. The molecule has 0 N–H and O–H groups in total. The zero-order valence-corrected chi connectivity index (χ0v) is 25.0. The monoisotopic (exact) mass is 574 g/mol. The highest BCUT2D eigenvalue weighted by Crippen LogP contribution is 2.35. The van der Waals surface area contributed by atoms with E-state index in [9.17, 15) is 0 Å². The Labute approximate surface area is 262 Å². The Morgan fingerprint density at radius 2 is 0.622 bits per heavy atom. The highest BCUT2D eigenvalue weighted by atomic mass is 15.0. The zero-order chi connectivity index (χ0) is 29.9. The van der Waals surface area contributed by atoms with Crippen LogP contribution >= 0.6 is 0 Å². The van der Waals surface area contributed by atoms with E-state index in [1.807, 2.05) is 0 Å². The van der Waals surface area contributed by atoms with Gasteiger partial charge in [-0.3, -0.25) is 0 Å². The Bertz CT molecular complexity index is 2240. The summed E-state index contributed by atoms with van der Waals surface area (Å²) in [5.74, 6) is 0. The molecule has 2 heterocycles. The Kier molecular flexibility index (Phi) is 5.76. The maximum absolute atomic E-state index is 2.37. The first kappa shape index (κ1) is 25.6. The first-order chi connectivity index (χ1) is 22.2. The Morgan fingerprint density at radius 1 is 0.311 bits per heavy atom. The predicted molar refractivity (Wildman–Crippen MR) is 191 cm³/mol. The molecule has 7 aromatic carbocycles. The molecular weight excluding hydrogens is 544 g/mol. The normalized spacial score (nSPS) is 11.7. The Morgan fingerprint density at radius 3 is 0.956 bits per heavy atom. The van der Waals surface area contributed by atoms with Gasteiger partial charge in [0, 0.05) is 32.9 Å². The minimum atomic E-state index is 1.17. The third kappa shape index (κ3) is 4.11. The van der Waals surface area contributed by atoms with Crippen LogP contribution in [-0.4, -0.2) is 9.13 Å². The van der Waals surface area contributed by atoms with E-state index in [0.717, 1.165) is 0 Å². The average Bonchev–Trinajstić information content (AvgIpc) is 3.61. The molecule has 2 heteroatoms. The summed E-state index contributed by atoms with van der Waals surface area (Å²) in [4.78, 5) is 0. The second kappa shape index (κ2) is 10.1. The first-order valence-electron chi connectivity index (χ1n) is 15.5. The molecule has 9 aromatic rings. The molecule has 2 aromatic heterocycles. The van der Waals surface area contributed by atoms with Crippen molar-refractivity contribution in [1.82, 2.24) is 9.13 Å². The van der Waals surface area contributed by atoms with Crippen LogP contribution in [0.1, 0.15) is 5.56 Å². The lowest BCUT2D eigenvalue weighted by Gasteiger charge is -2.12. The van der Waals surface area contributed by atoms with Gasteiger partial charge in [-0.15, -0.1) is 0 Å². The maximum Gasteiger partial charge on any atom is 0.0541 e. The van der Waals surface area contributed by atoms with Gasteiger partial charge in [-0.1, -0.05) is 109 Å². The minimum Gasteiger partial charge on any atom is -0.309 e. The first-order valence-corrected chi connectivity index (χ1v) is 15.5. The van der Waals surface area contributed by atoms with Gasteiger partial charge in [0.1, 0.15) is 0 Å². The molecule has 0 unspecified atom stereocenters. The number of fused-ring (bicyclic) bond motifs is 6. The summed E-state index contributed by atoms with van der Waals surface area (Å²) in [6, 6.07) is 59.5. The van der Waals surface area contributed by atoms with Crippen molar-refractivity contribution in [1.29, 1.82) is 0 Å². The molecule has 212 valence electrons. The lowest BCUT2D eigenvalue weighted by molar-refractivity contribution is 1.18. The van der Waals surface area contributed by atoms with Gasteiger partial charge in [-0.05, 0) is 89.3 Å². The number of para-hydroxylation sites is 4.